The number of benzene rings is 1. The van der Waals surface area contributed by atoms with Gasteiger partial charge in [-0.2, -0.15) is 0 Å². The van der Waals surface area contributed by atoms with Gasteiger partial charge in [-0.25, -0.2) is 9.78 Å². The molecule has 0 aliphatic rings. The summed E-state index contributed by atoms with van der Waals surface area (Å²) in [6.07, 6.45) is 5.08. The predicted molar refractivity (Wildman–Crippen MR) is 77.0 cm³/mol. The van der Waals surface area contributed by atoms with E-state index < -0.39 is 0 Å². The average molecular weight is 283 g/mol. The van der Waals surface area contributed by atoms with Crippen molar-refractivity contribution in [3.8, 4) is 0 Å². The van der Waals surface area contributed by atoms with E-state index in [9.17, 15) is 9.59 Å². The van der Waals surface area contributed by atoms with Crippen LogP contribution >= 0.6 is 0 Å². The molecular formula is C14H13N5O2. The van der Waals surface area contributed by atoms with E-state index in [-0.39, 0.29) is 11.6 Å². The minimum Gasteiger partial charge on any atom is -0.350 e. The number of aromatic amines is 2. The fourth-order valence-electron chi connectivity index (χ4n) is 2.06. The summed E-state index contributed by atoms with van der Waals surface area (Å²) in [6, 6.07) is 5.65. The second-order valence-electron chi connectivity index (χ2n) is 4.56. The first-order valence-corrected chi connectivity index (χ1v) is 6.47. The van der Waals surface area contributed by atoms with Crippen molar-refractivity contribution in [2.45, 2.75) is 6.42 Å². The molecule has 7 heteroatoms. The summed E-state index contributed by atoms with van der Waals surface area (Å²) in [5, 5.41) is 2.78. The Morgan fingerprint density at radius 2 is 2.05 bits per heavy atom. The minimum atomic E-state index is -0.251. The third-order valence-electron chi connectivity index (χ3n) is 3.08. The van der Waals surface area contributed by atoms with Crippen molar-refractivity contribution in [2.75, 3.05) is 6.54 Å². The van der Waals surface area contributed by atoms with Gasteiger partial charge in [-0.05, 0) is 24.1 Å². The van der Waals surface area contributed by atoms with Crippen LogP contribution in [0.25, 0.3) is 11.0 Å². The normalized spacial score (nSPS) is 10.7. The number of amides is 1. The van der Waals surface area contributed by atoms with E-state index in [0.717, 1.165) is 16.6 Å². The van der Waals surface area contributed by atoms with Crippen molar-refractivity contribution in [1.29, 1.82) is 0 Å². The lowest BCUT2D eigenvalue weighted by atomic mass is 10.1. The van der Waals surface area contributed by atoms with Gasteiger partial charge in [0.15, 0.2) is 0 Å². The topological polar surface area (TPSA) is 104 Å². The van der Waals surface area contributed by atoms with Gasteiger partial charge < -0.3 is 15.3 Å². The number of aromatic nitrogens is 4. The number of fused-ring (bicyclic) bond motifs is 1. The molecule has 2 aromatic heterocycles. The molecule has 21 heavy (non-hydrogen) atoms. The number of hydrogen-bond acceptors (Lipinski definition) is 4. The lowest BCUT2D eigenvalue weighted by Gasteiger charge is -2.04. The highest BCUT2D eigenvalue weighted by Gasteiger charge is 2.06. The summed E-state index contributed by atoms with van der Waals surface area (Å²) >= 11 is 0. The van der Waals surface area contributed by atoms with Crippen molar-refractivity contribution in [1.82, 2.24) is 25.3 Å². The summed E-state index contributed by atoms with van der Waals surface area (Å²) < 4.78 is 0. The quantitative estimate of drug-likeness (QED) is 0.653. The molecule has 0 aliphatic heterocycles. The van der Waals surface area contributed by atoms with Crippen molar-refractivity contribution < 1.29 is 4.79 Å². The third kappa shape index (κ3) is 2.97. The highest BCUT2D eigenvalue weighted by Crippen LogP contribution is 2.10. The molecule has 106 valence electrons. The Kier molecular flexibility index (Phi) is 3.46. The standard InChI is InChI=1S/C14H13N5O2/c20-13(12-8-15-5-6-16-12)17-4-3-9-1-2-10-11(7-9)19-14(21)18-10/h1-2,5-8H,3-4H2,(H,17,20)(H2,18,19,21). The third-order valence-corrected chi connectivity index (χ3v) is 3.08. The Bertz CT molecular complexity index is 822. The lowest BCUT2D eigenvalue weighted by Crippen LogP contribution is -2.26. The molecule has 7 nitrogen and oxygen atoms in total. The predicted octanol–water partition coefficient (Wildman–Crippen LogP) is 0.619. The Labute approximate surface area is 119 Å². The van der Waals surface area contributed by atoms with E-state index in [2.05, 4.69) is 25.3 Å². The van der Waals surface area contributed by atoms with Crippen LogP contribution in [0.5, 0.6) is 0 Å². The number of imidazole rings is 1. The van der Waals surface area contributed by atoms with Gasteiger partial charge in [0.2, 0.25) is 0 Å². The first-order chi connectivity index (χ1) is 10.2. The van der Waals surface area contributed by atoms with E-state index in [1.54, 1.807) is 0 Å². The van der Waals surface area contributed by atoms with Crippen LogP contribution in [0, 0.1) is 0 Å². The smallest absolute Gasteiger partial charge is 0.323 e. The number of carbonyl (C=O) groups excluding carboxylic acids is 1. The Morgan fingerprint density at radius 1 is 1.19 bits per heavy atom. The van der Waals surface area contributed by atoms with Gasteiger partial charge in [0.25, 0.3) is 5.91 Å². The number of nitrogens with zero attached hydrogens (tertiary/aromatic N) is 2. The molecule has 0 spiro atoms. The van der Waals surface area contributed by atoms with Gasteiger partial charge in [-0.3, -0.25) is 9.78 Å². The van der Waals surface area contributed by atoms with Crippen molar-refractivity contribution in [2.24, 2.45) is 0 Å². The summed E-state index contributed by atoms with van der Waals surface area (Å²) in [5.74, 6) is -0.251. The summed E-state index contributed by atoms with van der Waals surface area (Å²) in [7, 11) is 0. The van der Waals surface area contributed by atoms with E-state index in [1.807, 2.05) is 18.2 Å². The fraction of sp³-hybridized carbons (Fsp3) is 0.143. The molecule has 0 radical (unpaired) electrons. The first kappa shape index (κ1) is 13.0. The van der Waals surface area contributed by atoms with Crippen LogP contribution in [-0.2, 0) is 6.42 Å². The fourth-order valence-corrected chi connectivity index (χ4v) is 2.06. The Balaban J connectivity index is 1.61. The molecular weight excluding hydrogens is 270 g/mol. The van der Waals surface area contributed by atoms with Gasteiger partial charge in [0.05, 0.1) is 17.2 Å². The Morgan fingerprint density at radius 3 is 2.86 bits per heavy atom. The van der Waals surface area contributed by atoms with Gasteiger partial charge in [-0.15, -0.1) is 0 Å². The molecule has 0 saturated carbocycles. The van der Waals surface area contributed by atoms with Crippen LogP contribution in [0.3, 0.4) is 0 Å². The minimum absolute atomic E-state index is 0.224. The SMILES string of the molecule is O=C(NCCc1ccc2[nH]c(=O)[nH]c2c1)c1cnccn1. The van der Waals surface area contributed by atoms with E-state index in [1.165, 1.54) is 18.6 Å². The van der Waals surface area contributed by atoms with Gasteiger partial charge in [0.1, 0.15) is 5.69 Å². The van der Waals surface area contributed by atoms with Gasteiger partial charge in [-0.1, -0.05) is 6.07 Å². The van der Waals surface area contributed by atoms with Gasteiger partial charge >= 0.3 is 5.69 Å². The van der Waals surface area contributed by atoms with E-state index >= 15 is 0 Å². The van der Waals surface area contributed by atoms with Crippen molar-refractivity contribution in [3.63, 3.8) is 0 Å². The number of nitrogens with one attached hydrogen (secondary N) is 3. The molecule has 2 heterocycles. The molecule has 0 atom stereocenters. The zero-order valence-electron chi connectivity index (χ0n) is 11.1. The highest BCUT2D eigenvalue weighted by atomic mass is 16.2. The molecule has 1 amide bonds. The van der Waals surface area contributed by atoms with Crippen LogP contribution in [0.2, 0.25) is 0 Å². The zero-order valence-corrected chi connectivity index (χ0v) is 11.1. The maximum absolute atomic E-state index is 11.8. The second kappa shape index (κ2) is 5.58. The van der Waals surface area contributed by atoms with Crippen LogP contribution in [0.4, 0.5) is 0 Å². The number of hydrogen-bond donors (Lipinski definition) is 3. The molecule has 0 aliphatic carbocycles. The molecule has 0 fully saturated rings. The molecule has 0 unspecified atom stereocenters. The summed E-state index contributed by atoms with van der Waals surface area (Å²) in [5.41, 5.74) is 2.63. The van der Waals surface area contributed by atoms with Crippen LogP contribution < -0.4 is 11.0 Å². The largest absolute Gasteiger partial charge is 0.350 e. The highest BCUT2D eigenvalue weighted by molar-refractivity contribution is 5.91. The number of rotatable bonds is 4. The number of H-pyrrole nitrogens is 2. The molecule has 1 aromatic carbocycles. The molecule has 3 aromatic rings. The van der Waals surface area contributed by atoms with Crippen LogP contribution in [-0.4, -0.2) is 32.4 Å². The summed E-state index contributed by atoms with van der Waals surface area (Å²) in [4.78, 5) is 36.1. The lowest BCUT2D eigenvalue weighted by molar-refractivity contribution is 0.0949. The van der Waals surface area contributed by atoms with Crippen molar-refractivity contribution >= 4 is 16.9 Å². The van der Waals surface area contributed by atoms with Crippen molar-refractivity contribution in [3.05, 3.63) is 58.5 Å². The zero-order chi connectivity index (χ0) is 14.7. The van der Waals surface area contributed by atoms with E-state index in [4.69, 9.17) is 0 Å². The molecule has 3 N–H and O–H groups in total. The maximum atomic E-state index is 11.8. The summed E-state index contributed by atoms with van der Waals surface area (Å²) in [6.45, 7) is 0.482. The van der Waals surface area contributed by atoms with Crippen LogP contribution in [0.15, 0.2) is 41.6 Å². The monoisotopic (exact) mass is 283 g/mol. The van der Waals surface area contributed by atoms with Gasteiger partial charge in [0, 0.05) is 18.9 Å². The maximum Gasteiger partial charge on any atom is 0.323 e. The molecule has 0 bridgehead atoms. The average Bonchev–Trinajstić information content (AvgIpc) is 2.87. The first-order valence-electron chi connectivity index (χ1n) is 6.47. The number of carbonyl (C=O) groups is 1. The second-order valence-corrected chi connectivity index (χ2v) is 4.56. The van der Waals surface area contributed by atoms with Crippen LogP contribution in [0.1, 0.15) is 16.1 Å². The molecule has 0 saturated heterocycles. The Hall–Kier alpha value is -2.96. The molecule has 3 rings (SSSR count). The van der Waals surface area contributed by atoms with E-state index in [0.29, 0.717) is 18.7 Å².